The van der Waals surface area contributed by atoms with Crippen LogP contribution >= 0.6 is 11.3 Å². The monoisotopic (exact) mass is 422 g/mol. The second-order valence-electron chi connectivity index (χ2n) is 5.93. The second-order valence-corrected chi connectivity index (χ2v) is 6.90. The summed E-state index contributed by atoms with van der Waals surface area (Å²) in [5.41, 5.74) is 4.49. The summed E-state index contributed by atoms with van der Waals surface area (Å²) in [6.45, 7) is 0.131. The Morgan fingerprint density at radius 3 is 2.69 bits per heavy atom. The number of aromatic nitrogens is 2. The number of allylic oxidation sites excluding steroid dienone is 1. The van der Waals surface area contributed by atoms with Gasteiger partial charge in [0.05, 0.1) is 28.7 Å². The Morgan fingerprint density at radius 1 is 1.34 bits per heavy atom. The van der Waals surface area contributed by atoms with E-state index in [1.54, 1.807) is 11.7 Å². The number of fused-ring (bicyclic) bond motifs is 1. The first-order valence-corrected chi connectivity index (χ1v) is 9.03. The Morgan fingerprint density at radius 2 is 2.10 bits per heavy atom. The van der Waals surface area contributed by atoms with E-state index in [4.69, 9.17) is 11.1 Å². The molecule has 0 aliphatic heterocycles. The fraction of sp³-hybridized carbons (Fsp3) is 0.111. The van der Waals surface area contributed by atoms with Crippen LogP contribution in [-0.2, 0) is 12.7 Å². The van der Waals surface area contributed by atoms with Crippen molar-refractivity contribution in [1.82, 2.24) is 15.3 Å². The number of carbonyl (C=O) groups is 1. The molecule has 0 saturated heterocycles. The predicted molar refractivity (Wildman–Crippen MR) is 103 cm³/mol. The molecule has 3 aromatic rings. The van der Waals surface area contributed by atoms with Crippen molar-refractivity contribution in [3.8, 4) is 0 Å². The number of nitrogens with one attached hydrogen (secondary N) is 2. The average molecular weight is 422 g/mol. The highest BCUT2D eigenvalue weighted by atomic mass is 32.1. The molecule has 7 nitrogen and oxygen atoms in total. The van der Waals surface area contributed by atoms with Crippen LogP contribution in [0.3, 0.4) is 0 Å². The summed E-state index contributed by atoms with van der Waals surface area (Å²) in [6.07, 6.45) is -1.16. The molecule has 11 heteroatoms. The molecule has 0 radical (unpaired) electrons. The lowest BCUT2D eigenvalue weighted by Crippen LogP contribution is -2.30. The van der Waals surface area contributed by atoms with Gasteiger partial charge >= 0.3 is 6.18 Å². The molecule has 29 heavy (non-hydrogen) atoms. The lowest BCUT2D eigenvalue weighted by Gasteiger charge is -2.14. The van der Waals surface area contributed by atoms with E-state index in [0.717, 1.165) is 29.4 Å². The molecular formula is C18H15F3N5O2S+. The normalized spacial score (nSPS) is 12.2. The first kappa shape index (κ1) is 20.3. The summed E-state index contributed by atoms with van der Waals surface area (Å²) in [5, 5.41) is 7.69. The van der Waals surface area contributed by atoms with Crippen LogP contribution in [0.5, 0.6) is 0 Å². The number of carbonyl (C=O) groups excluding carboxylic acids is 1. The summed E-state index contributed by atoms with van der Waals surface area (Å²) in [7, 11) is 0. The minimum absolute atomic E-state index is 0.0303. The Hall–Kier alpha value is -3.47. The molecule has 2 heterocycles. The quantitative estimate of drug-likeness (QED) is 0.459. The Balaban J connectivity index is 2.12. The third-order valence-electron chi connectivity index (χ3n) is 4.09. The molecule has 150 valence electrons. The van der Waals surface area contributed by atoms with Crippen molar-refractivity contribution in [2.24, 2.45) is 5.73 Å². The first-order chi connectivity index (χ1) is 13.7. The predicted octanol–water partition coefficient (Wildman–Crippen LogP) is 1.06. The van der Waals surface area contributed by atoms with Crippen molar-refractivity contribution in [3.63, 3.8) is 0 Å². The zero-order valence-electron chi connectivity index (χ0n) is 14.7. The highest BCUT2D eigenvalue weighted by Gasteiger charge is 2.34. The van der Waals surface area contributed by atoms with Crippen LogP contribution in [-0.4, -0.2) is 22.1 Å². The molecular weight excluding hydrogens is 407 g/mol. The van der Waals surface area contributed by atoms with Crippen LogP contribution in [0.25, 0.3) is 16.5 Å². The molecule has 0 fully saturated rings. The maximum Gasteiger partial charge on any atom is 0.418 e. The largest absolute Gasteiger partial charge is 0.418 e. The van der Waals surface area contributed by atoms with Gasteiger partial charge in [-0.25, -0.2) is 0 Å². The standard InChI is InChI=1S/C18H14F3N5O2S/c19-18(20,21)13-2-9(10(4-22)5-23)1-12-15(27)3-14(26-16(12)13)17(28)25-7-11-6-24-8-29-11/h1-6,8,22H,7,23H2,(H,25,28)(H,26,27)/p+1/b10-5+,22-4?. The zero-order valence-corrected chi connectivity index (χ0v) is 15.5. The number of alkyl halides is 3. The summed E-state index contributed by atoms with van der Waals surface area (Å²) in [4.78, 5) is 31.9. The maximum absolute atomic E-state index is 13.6. The lowest BCUT2D eigenvalue weighted by molar-refractivity contribution is -0.136. The fourth-order valence-electron chi connectivity index (χ4n) is 2.70. The van der Waals surface area contributed by atoms with E-state index in [0.29, 0.717) is 0 Å². The van der Waals surface area contributed by atoms with E-state index in [1.807, 2.05) is 0 Å². The van der Waals surface area contributed by atoms with Gasteiger partial charge in [0.2, 0.25) is 0 Å². The summed E-state index contributed by atoms with van der Waals surface area (Å²) < 4.78 is 40.9. The van der Waals surface area contributed by atoms with Crippen molar-refractivity contribution in [2.75, 3.05) is 0 Å². The highest BCUT2D eigenvalue weighted by molar-refractivity contribution is 7.09. The number of nitrogens with two attached hydrogens (primary N) is 2. The van der Waals surface area contributed by atoms with Gasteiger partial charge in [0, 0.05) is 28.7 Å². The maximum atomic E-state index is 13.6. The third kappa shape index (κ3) is 4.19. The number of rotatable bonds is 5. The van der Waals surface area contributed by atoms with Gasteiger partial charge in [-0.05, 0) is 17.7 Å². The van der Waals surface area contributed by atoms with Crippen LogP contribution in [0.15, 0.2) is 40.9 Å². The second kappa shape index (κ2) is 7.87. The van der Waals surface area contributed by atoms with Crippen molar-refractivity contribution in [3.05, 3.63) is 68.0 Å². The number of thiazole rings is 1. The number of H-pyrrole nitrogens is 1. The van der Waals surface area contributed by atoms with Gasteiger partial charge in [0.15, 0.2) is 11.6 Å². The van der Waals surface area contributed by atoms with Gasteiger partial charge in [-0.2, -0.15) is 13.2 Å². The summed E-state index contributed by atoms with van der Waals surface area (Å²) >= 11 is 1.30. The molecule has 0 aliphatic rings. The Kier molecular flexibility index (Phi) is 5.50. The topological polar surface area (TPSA) is 126 Å². The molecule has 0 spiro atoms. The summed E-state index contributed by atoms with van der Waals surface area (Å²) in [5.74, 6) is -0.715. The molecule has 1 amide bonds. The van der Waals surface area contributed by atoms with Crippen molar-refractivity contribution < 1.29 is 23.4 Å². The molecule has 2 aromatic heterocycles. The van der Waals surface area contributed by atoms with Gasteiger partial charge < -0.3 is 16.0 Å². The molecule has 0 saturated carbocycles. The van der Waals surface area contributed by atoms with Gasteiger partial charge in [-0.3, -0.25) is 20.0 Å². The van der Waals surface area contributed by atoms with E-state index in [2.05, 4.69) is 15.3 Å². The number of hydrogen-bond donors (Lipinski definition) is 4. The van der Waals surface area contributed by atoms with E-state index in [-0.39, 0.29) is 28.8 Å². The van der Waals surface area contributed by atoms with Gasteiger partial charge in [-0.15, -0.1) is 11.3 Å². The molecule has 0 atom stereocenters. The Bertz CT molecular complexity index is 1170. The number of aromatic amines is 1. The lowest BCUT2D eigenvalue weighted by atomic mass is 9.99. The number of benzene rings is 1. The number of halogens is 3. The van der Waals surface area contributed by atoms with Gasteiger partial charge in [0.25, 0.3) is 5.91 Å². The number of nitrogens with zero attached hydrogens (tertiary/aromatic N) is 1. The summed E-state index contributed by atoms with van der Waals surface area (Å²) in [6, 6.07) is 3.01. The number of amides is 1. The van der Waals surface area contributed by atoms with Crippen LogP contribution < -0.4 is 21.9 Å². The third-order valence-corrected chi connectivity index (χ3v) is 4.87. The van der Waals surface area contributed by atoms with Crippen molar-refractivity contribution in [1.29, 1.82) is 0 Å². The molecule has 0 bridgehead atoms. The number of hydrogen-bond acceptors (Lipinski definition) is 5. The highest BCUT2D eigenvalue weighted by Crippen LogP contribution is 2.35. The van der Waals surface area contributed by atoms with Crippen LogP contribution in [0.2, 0.25) is 0 Å². The minimum Gasteiger partial charge on any atom is -0.404 e. The van der Waals surface area contributed by atoms with Crippen LogP contribution in [0, 0.1) is 0 Å². The minimum atomic E-state index is -4.79. The SMILES string of the molecule is N/C=C(\C=[NH2+])c1cc(C(F)(F)F)c2[nH]c(C(=O)NCc3cncs3)cc(=O)c2c1. The zero-order chi connectivity index (χ0) is 21.2. The van der Waals surface area contributed by atoms with E-state index in [1.165, 1.54) is 17.4 Å². The van der Waals surface area contributed by atoms with Crippen molar-refractivity contribution in [2.45, 2.75) is 12.7 Å². The van der Waals surface area contributed by atoms with Crippen LogP contribution in [0.4, 0.5) is 13.2 Å². The van der Waals surface area contributed by atoms with Crippen molar-refractivity contribution >= 4 is 39.9 Å². The fourth-order valence-corrected chi connectivity index (χ4v) is 3.24. The smallest absolute Gasteiger partial charge is 0.404 e. The van der Waals surface area contributed by atoms with Gasteiger partial charge in [-0.1, -0.05) is 0 Å². The van der Waals surface area contributed by atoms with E-state index >= 15 is 0 Å². The molecule has 3 rings (SSSR count). The van der Waals surface area contributed by atoms with E-state index < -0.39 is 28.6 Å². The molecule has 0 aliphatic carbocycles. The van der Waals surface area contributed by atoms with Crippen LogP contribution in [0.1, 0.15) is 26.5 Å². The molecule has 6 N–H and O–H groups in total. The molecule has 1 aromatic carbocycles. The molecule has 0 unspecified atom stereocenters. The van der Waals surface area contributed by atoms with E-state index in [9.17, 15) is 22.8 Å². The van der Waals surface area contributed by atoms with Gasteiger partial charge in [0.1, 0.15) is 5.69 Å². The Labute approximate surface area is 165 Å². The average Bonchev–Trinajstić information content (AvgIpc) is 3.19. The number of pyridine rings is 1. The first-order valence-electron chi connectivity index (χ1n) is 8.15.